The number of halogens is 4. The number of nitrogens with zero attached hydrogens (tertiary/aromatic N) is 5. The predicted octanol–water partition coefficient (Wildman–Crippen LogP) is 4.58. The predicted molar refractivity (Wildman–Crippen MR) is 141 cm³/mol. The van der Waals surface area contributed by atoms with E-state index in [4.69, 9.17) is 9.47 Å². The van der Waals surface area contributed by atoms with Crippen LogP contribution in [0, 0.1) is 0 Å². The summed E-state index contributed by atoms with van der Waals surface area (Å²) in [6.07, 6.45) is -3.98. The van der Waals surface area contributed by atoms with Gasteiger partial charge in [0.25, 0.3) is 5.91 Å². The Morgan fingerprint density at radius 3 is 2.68 bits per heavy atom. The van der Waals surface area contributed by atoms with Crippen molar-refractivity contribution >= 4 is 11.6 Å². The second-order valence-corrected chi connectivity index (χ2v) is 11.2. The molecule has 8 nitrogen and oxygen atoms in total. The number of alkyl halides is 4. The van der Waals surface area contributed by atoms with Crippen molar-refractivity contribution in [2.45, 2.75) is 50.3 Å². The molecule has 3 aliphatic rings. The highest BCUT2D eigenvalue weighted by atomic mass is 19.4. The highest BCUT2D eigenvalue weighted by Crippen LogP contribution is 2.47. The molecule has 0 N–H and O–H groups in total. The summed E-state index contributed by atoms with van der Waals surface area (Å²) in [5.41, 5.74) is -0.445. The first-order valence-electron chi connectivity index (χ1n) is 13.6. The van der Waals surface area contributed by atoms with Gasteiger partial charge < -0.3 is 18.9 Å². The molecule has 0 radical (unpaired) electrons. The number of aryl methyl sites for hydroxylation is 1. The minimum atomic E-state index is -4.63. The highest BCUT2D eigenvalue weighted by Gasteiger charge is 2.51. The fourth-order valence-corrected chi connectivity index (χ4v) is 6.04. The number of amides is 1. The number of ether oxygens (including phenoxy) is 2. The zero-order valence-electron chi connectivity index (χ0n) is 22.8. The molecule has 2 fully saturated rings. The Morgan fingerprint density at radius 2 is 2.00 bits per heavy atom. The molecule has 0 aliphatic carbocycles. The first kappa shape index (κ1) is 27.8. The quantitative estimate of drug-likeness (QED) is 0.402. The topological polar surface area (TPSA) is 72.7 Å². The molecule has 0 spiro atoms. The van der Waals surface area contributed by atoms with Gasteiger partial charge in [-0.2, -0.15) is 13.2 Å². The maximum absolute atomic E-state index is 15.9. The Morgan fingerprint density at radius 1 is 1.20 bits per heavy atom. The Balaban J connectivity index is 1.32. The summed E-state index contributed by atoms with van der Waals surface area (Å²) in [6.45, 7) is 4.10. The molecule has 3 aromatic rings. The molecule has 1 amide bonds. The number of anilines is 1. The van der Waals surface area contributed by atoms with Crippen molar-refractivity contribution in [1.29, 1.82) is 0 Å². The largest absolute Gasteiger partial charge is 0.416 e. The number of carbonyl (C=O) groups excluding carboxylic acids is 1. The first-order valence-corrected chi connectivity index (χ1v) is 13.6. The van der Waals surface area contributed by atoms with Crippen LogP contribution in [0.25, 0.3) is 0 Å². The van der Waals surface area contributed by atoms with E-state index < -0.39 is 29.2 Å². The lowest BCUT2D eigenvalue weighted by atomic mass is 9.74. The van der Waals surface area contributed by atoms with E-state index in [1.165, 1.54) is 15.8 Å². The van der Waals surface area contributed by atoms with Gasteiger partial charge in [0.05, 0.1) is 36.8 Å². The van der Waals surface area contributed by atoms with Crippen LogP contribution in [0.5, 0.6) is 0 Å². The molecule has 2 atom stereocenters. The Hall–Kier alpha value is -3.35. The van der Waals surface area contributed by atoms with Crippen LogP contribution in [0.1, 0.15) is 58.0 Å². The van der Waals surface area contributed by atoms with E-state index in [1.54, 1.807) is 37.4 Å². The number of benzene rings is 2. The van der Waals surface area contributed by atoms with Crippen LogP contribution in [0.4, 0.5) is 23.2 Å². The monoisotopic (exact) mass is 573 g/mol. The van der Waals surface area contributed by atoms with E-state index in [2.05, 4.69) is 15.1 Å². The SMILES string of the molecule is C[C@@H]1CN(Cc2cc3c(c(C(F)(F)F)c2)CN(c2cccc(C4([C@@H](F)c5nncn5C)COC4)c2)C3=O)CCCO1. The van der Waals surface area contributed by atoms with E-state index in [9.17, 15) is 18.0 Å². The molecule has 218 valence electrons. The number of fused-ring (bicyclic) bond motifs is 1. The van der Waals surface area contributed by atoms with Crippen molar-refractivity contribution in [3.8, 4) is 0 Å². The van der Waals surface area contributed by atoms with Gasteiger partial charge in [-0.1, -0.05) is 12.1 Å². The van der Waals surface area contributed by atoms with Crippen LogP contribution < -0.4 is 4.90 Å². The number of rotatable bonds is 6. The summed E-state index contributed by atoms with van der Waals surface area (Å²) in [6, 6.07) is 9.50. The van der Waals surface area contributed by atoms with Gasteiger partial charge in [0.2, 0.25) is 0 Å². The molecule has 3 aliphatic heterocycles. The standard InChI is InChI=1S/C29H31F4N5O3/c1-18-12-37(7-4-8-41-18)13-19-9-22-23(24(10-19)29(31,32)33)14-38(27(22)39)21-6-3-5-20(11-21)28(15-40-16-28)25(30)26-35-34-17-36(26)2/h3,5-6,9-11,17-18,25H,4,7-8,12-16H2,1-2H3/t18-,25+/m1/s1. The van der Waals surface area contributed by atoms with Crippen molar-refractivity contribution in [2.24, 2.45) is 7.05 Å². The van der Waals surface area contributed by atoms with Crippen molar-refractivity contribution in [3.63, 3.8) is 0 Å². The molecule has 12 heteroatoms. The summed E-state index contributed by atoms with van der Waals surface area (Å²) < 4.78 is 71.3. The summed E-state index contributed by atoms with van der Waals surface area (Å²) in [7, 11) is 1.65. The number of aromatic nitrogens is 3. The van der Waals surface area contributed by atoms with Crippen LogP contribution in [0.2, 0.25) is 0 Å². The molecule has 2 aromatic carbocycles. The molecule has 0 unspecified atom stereocenters. The van der Waals surface area contributed by atoms with Crippen molar-refractivity contribution in [2.75, 3.05) is 37.8 Å². The second kappa shape index (κ2) is 10.5. The van der Waals surface area contributed by atoms with Gasteiger partial charge >= 0.3 is 6.18 Å². The van der Waals surface area contributed by atoms with E-state index >= 15 is 4.39 Å². The minimum absolute atomic E-state index is 0.0274. The third kappa shape index (κ3) is 5.02. The molecular formula is C29H31F4N5O3. The molecule has 0 bridgehead atoms. The summed E-state index contributed by atoms with van der Waals surface area (Å²) >= 11 is 0. The fourth-order valence-electron chi connectivity index (χ4n) is 6.04. The highest BCUT2D eigenvalue weighted by molar-refractivity contribution is 6.10. The van der Waals surface area contributed by atoms with Crippen molar-refractivity contribution in [3.05, 3.63) is 76.4 Å². The van der Waals surface area contributed by atoms with Gasteiger partial charge in [-0.15, -0.1) is 10.2 Å². The average Bonchev–Trinajstić information content (AvgIpc) is 3.40. The lowest BCUT2D eigenvalue weighted by Gasteiger charge is -2.43. The molecule has 4 heterocycles. The van der Waals surface area contributed by atoms with E-state index in [-0.39, 0.29) is 49.4 Å². The Kier molecular flexibility index (Phi) is 7.11. The summed E-state index contributed by atoms with van der Waals surface area (Å²) in [5.74, 6) is -0.364. The van der Waals surface area contributed by atoms with Gasteiger partial charge in [-0.05, 0) is 54.3 Å². The van der Waals surface area contributed by atoms with E-state index in [1.807, 2.05) is 6.92 Å². The molecule has 41 heavy (non-hydrogen) atoms. The van der Waals surface area contributed by atoms with Crippen LogP contribution >= 0.6 is 0 Å². The van der Waals surface area contributed by atoms with E-state index in [0.717, 1.165) is 12.5 Å². The van der Waals surface area contributed by atoms with Crippen molar-refractivity contribution < 1.29 is 31.8 Å². The molecule has 6 rings (SSSR count). The van der Waals surface area contributed by atoms with Gasteiger partial charge in [0.1, 0.15) is 6.33 Å². The zero-order chi connectivity index (χ0) is 28.9. The van der Waals surface area contributed by atoms with Crippen LogP contribution in [-0.2, 0) is 41.2 Å². The molecular weight excluding hydrogens is 542 g/mol. The lowest BCUT2D eigenvalue weighted by Crippen LogP contribution is -2.50. The Bertz CT molecular complexity index is 1450. The molecule has 1 aromatic heterocycles. The molecule has 0 saturated carbocycles. The third-order valence-electron chi connectivity index (χ3n) is 8.26. The zero-order valence-corrected chi connectivity index (χ0v) is 22.8. The van der Waals surface area contributed by atoms with Gasteiger partial charge in [0.15, 0.2) is 12.0 Å². The maximum Gasteiger partial charge on any atom is 0.416 e. The first-order chi connectivity index (χ1) is 19.6. The minimum Gasteiger partial charge on any atom is -0.379 e. The summed E-state index contributed by atoms with van der Waals surface area (Å²) in [5, 5.41) is 7.70. The van der Waals surface area contributed by atoms with E-state index in [0.29, 0.717) is 36.5 Å². The van der Waals surface area contributed by atoms with Crippen LogP contribution in [-0.4, -0.2) is 64.6 Å². The normalized spacial score (nSPS) is 21.9. The van der Waals surface area contributed by atoms with Crippen LogP contribution in [0.3, 0.4) is 0 Å². The maximum atomic E-state index is 15.9. The average molecular weight is 574 g/mol. The smallest absolute Gasteiger partial charge is 0.379 e. The fraction of sp³-hybridized carbons (Fsp3) is 0.483. The number of hydrogen-bond donors (Lipinski definition) is 0. The van der Waals surface area contributed by atoms with Crippen LogP contribution in [0.15, 0.2) is 42.7 Å². The van der Waals surface area contributed by atoms with Gasteiger partial charge in [-0.3, -0.25) is 9.69 Å². The second-order valence-electron chi connectivity index (χ2n) is 11.2. The number of carbonyl (C=O) groups is 1. The molecule has 2 saturated heterocycles. The summed E-state index contributed by atoms with van der Waals surface area (Å²) in [4.78, 5) is 17.0. The van der Waals surface area contributed by atoms with Crippen molar-refractivity contribution in [1.82, 2.24) is 19.7 Å². The van der Waals surface area contributed by atoms with Gasteiger partial charge in [0, 0.05) is 44.5 Å². The Labute approximate surface area is 234 Å². The lowest BCUT2D eigenvalue weighted by molar-refractivity contribution is -0.138. The van der Waals surface area contributed by atoms with Gasteiger partial charge in [-0.25, -0.2) is 4.39 Å². The third-order valence-corrected chi connectivity index (χ3v) is 8.26. The number of hydrogen-bond acceptors (Lipinski definition) is 6.